The molecule has 1 aromatic carbocycles. The van der Waals surface area contributed by atoms with Crippen molar-refractivity contribution in [1.82, 2.24) is 14.8 Å². The normalized spacial score (nSPS) is 18.8. The van der Waals surface area contributed by atoms with Gasteiger partial charge in [0.05, 0.1) is 49.5 Å². The average molecular weight is 440 g/mol. The smallest absolute Gasteiger partial charge is 0.252 e. The SMILES string of the molecule is COc1c(Nc2cc(Cl)ncc2C(N)=O)cccc1-c1cnn(C2CCC23COC3)c1. The van der Waals surface area contributed by atoms with Crippen LogP contribution in [0.1, 0.15) is 29.2 Å². The van der Waals surface area contributed by atoms with Gasteiger partial charge in [0.15, 0.2) is 0 Å². The Bertz CT molecular complexity index is 1150. The quantitative estimate of drug-likeness (QED) is 0.566. The van der Waals surface area contributed by atoms with Gasteiger partial charge in [-0.25, -0.2) is 4.98 Å². The van der Waals surface area contributed by atoms with E-state index in [-0.39, 0.29) is 16.1 Å². The van der Waals surface area contributed by atoms with Crippen molar-refractivity contribution in [1.29, 1.82) is 0 Å². The van der Waals surface area contributed by atoms with Crippen LogP contribution in [0.25, 0.3) is 11.1 Å². The first kappa shape index (κ1) is 19.8. The molecule has 3 heterocycles. The molecule has 0 radical (unpaired) electrons. The molecule has 1 aliphatic heterocycles. The fraction of sp³-hybridized carbons (Fsp3) is 0.318. The van der Waals surface area contributed by atoms with Gasteiger partial charge in [0, 0.05) is 28.9 Å². The topological polar surface area (TPSA) is 104 Å². The minimum Gasteiger partial charge on any atom is -0.494 e. The zero-order valence-corrected chi connectivity index (χ0v) is 17.7. The Kier molecular flexibility index (Phi) is 4.83. The average Bonchev–Trinajstić information content (AvgIpc) is 3.14. The van der Waals surface area contributed by atoms with Crippen LogP contribution in [0, 0.1) is 5.41 Å². The van der Waals surface area contributed by atoms with Crippen molar-refractivity contribution >= 4 is 28.9 Å². The maximum atomic E-state index is 11.8. The lowest BCUT2D eigenvalue weighted by Gasteiger charge is -2.54. The first-order chi connectivity index (χ1) is 15.0. The number of nitrogens with zero attached hydrogens (tertiary/aromatic N) is 3. The summed E-state index contributed by atoms with van der Waals surface area (Å²) < 4.78 is 13.2. The van der Waals surface area contributed by atoms with E-state index in [0.717, 1.165) is 30.8 Å². The summed E-state index contributed by atoms with van der Waals surface area (Å²) in [5.41, 5.74) is 8.94. The van der Waals surface area contributed by atoms with E-state index in [0.29, 0.717) is 23.2 Å². The fourth-order valence-corrected chi connectivity index (χ4v) is 4.56. The number of amides is 1. The summed E-state index contributed by atoms with van der Waals surface area (Å²) >= 11 is 6.03. The lowest BCUT2D eigenvalue weighted by Crippen LogP contribution is -2.55. The molecule has 1 atom stereocenters. The summed E-state index contributed by atoms with van der Waals surface area (Å²) in [5, 5.41) is 8.09. The lowest BCUT2D eigenvalue weighted by atomic mass is 9.63. The van der Waals surface area contributed by atoms with Crippen LogP contribution in [-0.2, 0) is 4.74 Å². The van der Waals surface area contributed by atoms with Crippen molar-refractivity contribution in [2.45, 2.75) is 18.9 Å². The molecule has 1 amide bonds. The second kappa shape index (κ2) is 7.55. The van der Waals surface area contributed by atoms with Crippen molar-refractivity contribution in [2.24, 2.45) is 11.1 Å². The number of nitrogens with one attached hydrogen (secondary N) is 1. The van der Waals surface area contributed by atoms with Gasteiger partial charge in [-0.1, -0.05) is 23.7 Å². The van der Waals surface area contributed by atoms with E-state index >= 15 is 0 Å². The van der Waals surface area contributed by atoms with Crippen molar-refractivity contribution < 1.29 is 14.3 Å². The first-order valence-corrected chi connectivity index (χ1v) is 10.4. The zero-order chi connectivity index (χ0) is 21.6. The van der Waals surface area contributed by atoms with Crippen LogP contribution in [0.2, 0.25) is 5.15 Å². The number of aromatic nitrogens is 3. The molecule has 3 N–H and O–H groups in total. The number of carbonyl (C=O) groups is 1. The minimum absolute atomic E-state index is 0.239. The number of carbonyl (C=O) groups excluding carboxylic acids is 1. The van der Waals surface area contributed by atoms with E-state index in [1.807, 2.05) is 24.4 Å². The van der Waals surface area contributed by atoms with Gasteiger partial charge in [0.1, 0.15) is 10.9 Å². The molecule has 1 unspecified atom stereocenters. The third-order valence-electron chi connectivity index (χ3n) is 6.26. The molecule has 5 rings (SSSR count). The molecule has 31 heavy (non-hydrogen) atoms. The van der Waals surface area contributed by atoms with E-state index in [9.17, 15) is 4.79 Å². The second-order valence-corrected chi connectivity index (χ2v) is 8.43. The van der Waals surface area contributed by atoms with Crippen molar-refractivity contribution in [2.75, 3.05) is 25.6 Å². The Morgan fingerprint density at radius 2 is 2.19 bits per heavy atom. The maximum Gasteiger partial charge on any atom is 0.252 e. The third kappa shape index (κ3) is 3.32. The van der Waals surface area contributed by atoms with Gasteiger partial charge < -0.3 is 20.5 Å². The summed E-state index contributed by atoms with van der Waals surface area (Å²) in [6.45, 7) is 1.62. The number of halogens is 1. The van der Waals surface area contributed by atoms with E-state index < -0.39 is 5.91 Å². The van der Waals surface area contributed by atoms with Gasteiger partial charge in [-0.15, -0.1) is 0 Å². The van der Waals surface area contributed by atoms with Crippen LogP contribution < -0.4 is 15.8 Å². The molecule has 1 saturated carbocycles. The van der Waals surface area contributed by atoms with Gasteiger partial charge in [-0.05, 0) is 25.0 Å². The number of methoxy groups -OCH3 is 1. The monoisotopic (exact) mass is 439 g/mol. The molecule has 2 aliphatic rings. The van der Waals surface area contributed by atoms with Gasteiger partial charge in [-0.2, -0.15) is 5.10 Å². The Labute approximate surface area is 184 Å². The van der Waals surface area contributed by atoms with Crippen molar-refractivity contribution in [3.8, 4) is 16.9 Å². The molecule has 8 nitrogen and oxygen atoms in total. The molecular formula is C22H22ClN5O3. The molecule has 2 fully saturated rings. The largest absolute Gasteiger partial charge is 0.494 e. The summed E-state index contributed by atoms with van der Waals surface area (Å²) in [6, 6.07) is 7.68. The molecule has 1 spiro atoms. The predicted molar refractivity (Wildman–Crippen MR) is 117 cm³/mol. The van der Waals surface area contributed by atoms with Gasteiger partial charge >= 0.3 is 0 Å². The van der Waals surface area contributed by atoms with Crippen molar-refractivity contribution in [3.05, 3.63) is 53.6 Å². The fourth-order valence-electron chi connectivity index (χ4n) is 4.40. The number of primary amides is 1. The van der Waals surface area contributed by atoms with Crippen LogP contribution in [0.4, 0.5) is 11.4 Å². The highest BCUT2D eigenvalue weighted by Gasteiger charge is 2.53. The van der Waals surface area contributed by atoms with Crippen LogP contribution in [-0.4, -0.2) is 41.0 Å². The molecule has 160 valence electrons. The van der Waals surface area contributed by atoms with Gasteiger partial charge in [-0.3, -0.25) is 9.48 Å². The van der Waals surface area contributed by atoms with Crippen LogP contribution in [0.3, 0.4) is 0 Å². The molecule has 1 aliphatic carbocycles. The third-order valence-corrected chi connectivity index (χ3v) is 6.46. The summed E-state index contributed by atoms with van der Waals surface area (Å²) in [5.74, 6) is 0.0261. The highest BCUT2D eigenvalue weighted by molar-refractivity contribution is 6.29. The van der Waals surface area contributed by atoms with Crippen LogP contribution >= 0.6 is 11.6 Å². The Balaban J connectivity index is 1.48. The molecule has 0 bridgehead atoms. The Hall–Kier alpha value is -3.10. The highest BCUT2D eigenvalue weighted by atomic mass is 35.5. The number of hydrogen-bond donors (Lipinski definition) is 2. The number of anilines is 2. The summed E-state index contributed by atoms with van der Waals surface area (Å²) in [4.78, 5) is 15.7. The number of ether oxygens (including phenoxy) is 2. The Morgan fingerprint density at radius 1 is 1.35 bits per heavy atom. The summed E-state index contributed by atoms with van der Waals surface area (Å²) in [6.07, 6.45) is 7.56. The van der Waals surface area contributed by atoms with Crippen LogP contribution in [0.5, 0.6) is 5.75 Å². The molecule has 2 aromatic heterocycles. The number of rotatable bonds is 6. The second-order valence-electron chi connectivity index (χ2n) is 8.05. The number of pyridine rings is 1. The molecule has 9 heteroatoms. The summed E-state index contributed by atoms with van der Waals surface area (Å²) in [7, 11) is 1.61. The lowest BCUT2D eigenvalue weighted by molar-refractivity contribution is -0.190. The number of nitrogens with two attached hydrogens (primary N) is 1. The van der Waals surface area contributed by atoms with E-state index in [1.165, 1.54) is 12.6 Å². The van der Waals surface area contributed by atoms with E-state index in [4.69, 9.17) is 26.8 Å². The maximum absolute atomic E-state index is 11.8. The zero-order valence-electron chi connectivity index (χ0n) is 17.0. The molecular weight excluding hydrogens is 418 g/mol. The van der Waals surface area contributed by atoms with Gasteiger partial charge in [0.2, 0.25) is 0 Å². The number of para-hydroxylation sites is 1. The van der Waals surface area contributed by atoms with E-state index in [1.54, 1.807) is 13.2 Å². The van der Waals surface area contributed by atoms with Gasteiger partial charge in [0.25, 0.3) is 5.91 Å². The standard InChI is InChI=1S/C22H22ClN5O3/c1-30-20-14(13-8-26-28(10-13)18-5-6-22(18)11-31-12-22)3-2-4-16(20)27-17-7-19(23)25-9-15(17)21(24)29/h2-4,7-10,18H,5-6,11-12H2,1H3,(H2,24,29)(H,25,27). The first-order valence-electron chi connectivity index (χ1n) is 10.0. The Morgan fingerprint density at radius 3 is 2.84 bits per heavy atom. The number of hydrogen-bond acceptors (Lipinski definition) is 6. The molecule has 1 saturated heterocycles. The van der Waals surface area contributed by atoms with E-state index in [2.05, 4.69) is 26.3 Å². The highest BCUT2D eigenvalue weighted by Crippen LogP contribution is 2.54. The van der Waals surface area contributed by atoms with Crippen molar-refractivity contribution in [3.63, 3.8) is 0 Å². The predicted octanol–water partition coefficient (Wildman–Crippen LogP) is 3.80. The van der Waals surface area contributed by atoms with Crippen LogP contribution in [0.15, 0.2) is 42.9 Å². The molecule has 3 aromatic rings. The minimum atomic E-state index is -0.600. The number of benzene rings is 1.